The van der Waals surface area contributed by atoms with Crippen molar-refractivity contribution in [2.45, 2.75) is 17.8 Å². The third-order valence-corrected chi connectivity index (χ3v) is 5.16. The molecule has 1 atom stereocenters. The normalized spacial score (nSPS) is 13.2. The van der Waals surface area contributed by atoms with Gasteiger partial charge in [0.15, 0.2) is 0 Å². The van der Waals surface area contributed by atoms with Gasteiger partial charge in [0, 0.05) is 12.4 Å². The molecule has 0 aliphatic carbocycles. The highest BCUT2D eigenvalue weighted by Gasteiger charge is 2.46. The summed E-state index contributed by atoms with van der Waals surface area (Å²) in [5.41, 5.74) is 1.07. The molecule has 0 fully saturated rings. The molecule has 6 heteroatoms. The third-order valence-electron chi connectivity index (χ3n) is 5.16. The highest BCUT2D eigenvalue weighted by Crippen LogP contribution is 2.43. The molecule has 1 aromatic heterocycles. The maximum atomic E-state index is 13.5. The van der Waals surface area contributed by atoms with Gasteiger partial charge >= 0.3 is 6.18 Å². The average Bonchev–Trinajstić information content (AvgIpc) is 3.25. The molecule has 3 nitrogen and oxygen atoms in total. The van der Waals surface area contributed by atoms with E-state index in [4.69, 9.17) is 0 Å². The van der Waals surface area contributed by atoms with Crippen LogP contribution in [0.25, 0.3) is 0 Å². The van der Waals surface area contributed by atoms with Gasteiger partial charge in [-0.15, -0.1) is 0 Å². The number of benzene rings is 3. The summed E-state index contributed by atoms with van der Waals surface area (Å²) in [5.74, 6) is -0.473. The highest BCUT2D eigenvalue weighted by atomic mass is 19.4. The lowest BCUT2D eigenvalue weighted by molar-refractivity contribution is -0.210. The van der Waals surface area contributed by atoms with E-state index in [1.54, 1.807) is 0 Å². The minimum Gasteiger partial charge on any atom is -0.377 e. The molecule has 30 heavy (non-hydrogen) atoms. The summed E-state index contributed by atoms with van der Waals surface area (Å²) in [6, 6.07) is 27.8. The van der Waals surface area contributed by atoms with E-state index < -0.39 is 23.6 Å². The van der Waals surface area contributed by atoms with E-state index in [2.05, 4.69) is 4.98 Å². The first-order valence-corrected chi connectivity index (χ1v) is 9.41. The molecule has 1 unspecified atom stereocenters. The number of nitrogens with zero attached hydrogens (tertiary/aromatic N) is 2. The van der Waals surface area contributed by atoms with Crippen molar-refractivity contribution in [1.29, 1.82) is 0 Å². The molecule has 0 saturated heterocycles. The number of aliphatic hydroxyl groups excluding tert-OH is 1. The molecule has 0 radical (unpaired) electrons. The molecule has 0 bridgehead atoms. The van der Waals surface area contributed by atoms with Gasteiger partial charge in [-0.1, -0.05) is 91.0 Å². The summed E-state index contributed by atoms with van der Waals surface area (Å²) in [4.78, 5) is 3.92. The summed E-state index contributed by atoms with van der Waals surface area (Å²) >= 11 is 0. The molecule has 0 saturated carbocycles. The van der Waals surface area contributed by atoms with Crippen LogP contribution in [0.1, 0.15) is 28.6 Å². The van der Waals surface area contributed by atoms with Gasteiger partial charge < -0.3 is 9.67 Å². The fourth-order valence-corrected chi connectivity index (χ4v) is 3.90. The third kappa shape index (κ3) is 3.29. The molecule has 1 N–H and O–H groups in total. The zero-order valence-electron chi connectivity index (χ0n) is 15.9. The quantitative estimate of drug-likeness (QED) is 0.454. The van der Waals surface area contributed by atoms with E-state index in [0.29, 0.717) is 0 Å². The predicted octanol–water partition coefficient (Wildman–Crippen LogP) is 5.32. The molecular formula is C24H19F3N2O. The van der Waals surface area contributed by atoms with Crippen molar-refractivity contribution >= 4 is 0 Å². The van der Waals surface area contributed by atoms with Crippen LogP contribution in [-0.4, -0.2) is 20.8 Å². The minimum atomic E-state index is -4.85. The van der Waals surface area contributed by atoms with Crippen molar-refractivity contribution < 1.29 is 18.3 Å². The summed E-state index contributed by atoms with van der Waals surface area (Å²) in [6.07, 6.45) is -4.80. The van der Waals surface area contributed by atoms with E-state index in [1.807, 2.05) is 91.0 Å². The van der Waals surface area contributed by atoms with Crippen molar-refractivity contribution in [1.82, 2.24) is 9.55 Å². The second-order valence-corrected chi connectivity index (χ2v) is 6.91. The first-order chi connectivity index (χ1) is 14.5. The molecule has 0 aliphatic heterocycles. The van der Waals surface area contributed by atoms with Gasteiger partial charge in [0.1, 0.15) is 11.4 Å². The average molecular weight is 408 g/mol. The minimum absolute atomic E-state index is 0.473. The van der Waals surface area contributed by atoms with Crippen LogP contribution in [0.4, 0.5) is 13.2 Å². The lowest BCUT2D eigenvalue weighted by Crippen LogP contribution is -2.40. The van der Waals surface area contributed by atoms with Crippen LogP contribution >= 0.6 is 0 Å². The number of rotatable bonds is 5. The number of alkyl halides is 3. The van der Waals surface area contributed by atoms with Crippen molar-refractivity contribution in [3.05, 3.63) is 126 Å². The van der Waals surface area contributed by atoms with E-state index in [9.17, 15) is 18.3 Å². The van der Waals surface area contributed by atoms with Crippen molar-refractivity contribution in [3.63, 3.8) is 0 Å². The highest BCUT2D eigenvalue weighted by molar-refractivity contribution is 5.51. The lowest BCUT2D eigenvalue weighted by atomic mass is 9.76. The fraction of sp³-hybridized carbons (Fsp3) is 0.125. The standard InChI is InChI=1S/C24H19F3N2O/c25-24(26,27)21(30)22-28-16-17-29(22)23(18-10-4-1-5-11-18,19-12-6-2-7-13-19)20-14-8-3-9-15-20/h1-17,21,30H. The fourth-order valence-electron chi connectivity index (χ4n) is 3.90. The lowest BCUT2D eigenvalue weighted by Gasteiger charge is -2.39. The summed E-state index contributed by atoms with van der Waals surface area (Å²) in [5, 5.41) is 10.1. The van der Waals surface area contributed by atoms with E-state index >= 15 is 0 Å². The number of aliphatic hydroxyl groups is 1. The van der Waals surface area contributed by atoms with Crippen LogP contribution < -0.4 is 0 Å². The smallest absolute Gasteiger partial charge is 0.377 e. The zero-order valence-corrected chi connectivity index (χ0v) is 15.9. The number of hydrogen-bond acceptors (Lipinski definition) is 2. The SMILES string of the molecule is OC(c1nccn1C(c1ccccc1)(c1ccccc1)c1ccccc1)C(F)(F)F. The van der Waals surface area contributed by atoms with Crippen LogP contribution in [-0.2, 0) is 5.54 Å². The molecule has 1 heterocycles. The predicted molar refractivity (Wildman–Crippen MR) is 108 cm³/mol. The Bertz CT molecular complexity index is 997. The van der Waals surface area contributed by atoms with Gasteiger partial charge in [-0.2, -0.15) is 13.2 Å². The van der Waals surface area contributed by atoms with Gasteiger partial charge in [0.25, 0.3) is 0 Å². The monoisotopic (exact) mass is 408 g/mol. The van der Waals surface area contributed by atoms with Crippen molar-refractivity contribution in [2.24, 2.45) is 0 Å². The first-order valence-electron chi connectivity index (χ1n) is 9.41. The van der Waals surface area contributed by atoms with Crippen molar-refractivity contribution in [3.8, 4) is 0 Å². The number of hydrogen-bond donors (Lipinski definition) is 1. The topological polar surface area (TPSA) is 38.1 Å². The Morgan fingerprint density at radius 2 is 1.10 bits per heavy atom. The Labute approximate surface area is 172 Å². The summed E-state index contributed by atoms with van der Waals surface area (Å²) < 4.78 is 41.9. The molecule has 0 amide bonds. The molecule has 4 rings (SSSR count). The Balaban J connectivity index is 2.12. The van der Waals surface area contributed by atoms with Crippen LogP contribution in [0.5, 0.6) is 0 Å². The van der Waals surface area contributed by atoms with Gasteiger partial charge in [-0.05, 0) is 16.7 Å². The maximum Gasteiger partial charge on any atom is 0.421 e. The van der Waals surface area contributed by atoms with Gasteiger partial charge in [-0.3, -0.25) is 0 Å². The Morgan fingerprint density at radius 1 is 0.700 bits per heavy atom. The van der Waals surface area contributed by atoms with Gasteiger partial charge in [0.2, 0.25) is 6.10 Å². The van der Waals surface area contributed by atoms with Crippen LogP contribution in [0.2, 0.25) is 0 Å². The summed E-state index contributed by atoms with van der Waals surface area (Å²) in [6.45, 7) is 0. The molecule has 152 valence electrons. The molecule has 0 aliphatic rings. The zero-order chi connectivity index (χ0) is 21.2. The molecule has 0 spiro atoms. The van der Waals surface area contributed by atoms with Crippen LogP contribution in [0.3, 0.4) is 0 Å². The summed E-state index contributed by atoms with van der Waals surface area (Å²) in [7, 11) is 0. The Kier molecular flexibility index (Phi) is 5.18. The van der Waals surface area contributed by atoms with E-state index in [0.717, 1.165) is 16.7 Å². The van der Waals surface area contributed by atoms with E-state index in [1.165, 1.54) is 17.0 Å². The maximum absolute atomic E-state index is 13.5. The number of halogens is 3. The largest absolute Gasteiger partial charge is 0.421 e. The van der Waals surface area contributed by atoms with Gasteiger partial charge in [0.05, 0.1) is 0 Å². The van der Waals surface area contributed by atoms with Crippen LogP contribution in [0.15, 0.2) is 103 Å². The second kappa shape index (κ2) is 7.80. The van der Waals surface area contributed by atoms with Crippen LogP contribution in [0, 0.1) is 0 Å². The molecular weight excluding hydrogens is 389 g/mol. The first kappa shape index (κ1) is 19.9. The second-order valence-electron chi connectivity index (χ2n) is 6.91. The number of imidazole rings is 1. The number of aromatic nitrogens is 2. The van der Waals surface area contributed by atoms with Crippen molar-refractivity contribution in [2.75, 3.05) is 0 Å². The Morgan fingerprint density at radius 3 is 1.47 bits per heavy atom. The molecule has 4 aromatic rings. The van der Waals surface area contributed by atoms with E-state index in [-0.39, 0.29) is 0 Å². The molecule has 3 aromatic carbocycles. The Hall–Kier alpha value is -3.38. The van der Waals surface area contributed by atoms with Gasteiger partial charge in [-0.25, -0.2) is 4.98 Å².